The summed E-state index contributed by atoms with van der Waals surface area (Å²) in [7, 11) is 0. The summed E-state index contributed by atoms with van der Waals surface area (Å²) in [5, 5.41) is 0. The van der Waals surface area contributed by atoms with E-state index in [0.717, 1.165) is 17.8 Å². The van der Waals surface area contributed by atoms with Crippen LogP contribution >= 0.6 is 0 Å². The van der Waals surface area contributed by atoms with Gasteiger partial charge >= 0.3 is 0 Å². The molecule has 1 nitrogen and oxygen atoms in total. The van der Waals surface area contributed by atoms with E-state index in [2.05, 4.69) is 68.8 Å². The molecule has 1 aliphatic carbocycles. The largest absolute Gasteiger partial charge is 0.298 e. The molecule has 0 spiro atoms. The standard InChI is InChI=1S/C18H27N.C2H2/c1-18(2,3)19-12-15-10-7-11-16(17(15)13-19)14-8-5-4-6-9-14;1-2/h4-6,8-9,15-17H,7,10-13H2,1-3H3;1-2H/t15?,16-,17-;/m1./s1. The van der Waals surface area contributed by atoms with Crippen LogP contribution in [0.25, 0.3) is 0 Å². The molecule has 0 amide bonds. The Morgan fingerprint density at radius 2 is 1.67 bits per heavy atom. The maximum absolute atomic E-state index is 4.00. The van der Waals surface area contributed by atoms with Gasteiger partial charge < -0.3 is 0 Å². The fraction of sp³-hybridized carbons (Fsp3) is 0.600. The van der Waals surface area contributed by atoms with E-state index in [1.807, 2.05) is 0 Å². The topological polar surface area (TPSA) is 3.24 Å². The molecule has 1 saturated carbocycles. The Morgan fingerprint density at radius 1 is 1.00 bits per heavy atom. The van der Waals surface area contributed by atoms with Gasteiger partial charge in [-0.1, -0.05) is 36.8 Å². The fourth-order valence-electron chi connectivity index (χ4n) is 4.13. The van der Waals surface area contributed by atoms with Gasteiger partial charge in [0.1, 0.15) is 0 Å². The van der Waals surface area contributed by atoms with Crippen molar-refractivity contribution in [1.29, 1.82) is 0 Å². The third-order valence-corrected chi connectivity index (χ3v) is 5.27. The second kappa shape index (κ2) is 6.67. The summed E-state index contributed by atoms with van der Waals surface area (Å²) >= 11 is 0. The van der Waals surface area contributed by atoms with Gasteiger partial charge in [0.15, 0.2) is 0 Å². The normalized spacial score (nSPS) is 29.3. The molecule has 1 aromatic carbocycles. The summed E-state index contributed by atoms with van der Waals surface area (Å²) in [5.74, 6) is 2.61. The van der Waals surface area contributed by atoms with Crippen LogP contribution in [0, 0.1) is 24.7 Å². The second-order valence-electron chi connectivity index (χ2n) is 7.45. The highest BCUT2D eigenvalue weighted by Crippen LogP contribution is 2.46. The van der Waals surface area contributed by atoms with Crippen LogP contribution in [0.1, 0.15) is 51.5 Å². The Bertz CT molecular complexity index is 454. The van der Waals surface area contributed by atoms with Gasteiger partial charge in [0.2, 0.25) is 0 Å². The maximum Gasteiger partial charge on any atom is 0.0125 e. The van der Waals surface area contributed by atoms with Crippen molar-refractivity contribution in [3.05, 3.63) is 35.9 Å². The molecule has 2 aliphatic rings. The number of terminal acetylenes is 1. The van der Waals surface area contributed by atoms with Crippen LogP contribution in [0.15, 0.2) is 30.3 Å². The van der Waals surface area contributed by atoms with E-state index in [1.165, 1.54) is 32.4 Å². The number of benzene rings is 1. The molecule has 21 heavy (non-hydrogen) atoms. The summed E-state index contributed by atoms with van der Waals surface area (Å²) < 4.78 is 0. The summed E-state index contributed by atoms with van der Waals surface area (Å²) in [6, 6.07) is 11.2. The molecule has 0 aromatic heterocycles. The number of rotatable bonds is 1. The van der Waals surface area contributed by atoms with Crippen LogP contribution in [-0.2, 0) is 0 Å². The molecular weight excluding hydrogens is 254 g/mol. The Hall–Kier alpha value is -1.26. The van der Waals surface area contributed by atoms with Crippen LogP contribution in [-0.4, -0.2) is 23.5 Å². The van der Waals surface area contributed by atoms with Gasteiger partial charge in [-0.3, -0.25) is 4.90 Å². The van der Waals surface area contributed by atoms with Gasteiger partial charge in [-0.05, 0) is 56.9 Å². The molecule has 1 heterocycles. The van der Waals surface area contributed by atoms with Gasteiger partial charge in [-0.2, -0.15) is 0 Å². The van der Waals surface area contributed by atoms with Crippen molar-refractivity contribution in [1.82, 2.24) is 4.90 Å². The van der Waals surface area contributed by atoms with Crippen LogP contribution in [0.3, 0.4) is 0 Å². The molecular formula is C20H29N. The molecule has 114 valence electrons. The summed E-state index contributed by atoms with van der Waals surface area (Å²) in [6.45, 7) is 9.71. The smallest absolute Gasteiger partial charge is 0.0125 e. The Kier molecular flexibility index (Phi) is 5.12. The van der Waals surface area contributed by atoms with Gasteiger partial charge in [-0.15, -0.1) is 12.8 Å². The minimum Gasteiger partial charge on any atom is -0.298 e. The lowest BCUT2D eigenvalue weighted by atomic mass is 9.71. The zero-order chi connectivity index (χ0) is 15.5. The monoisotopic (exact) mass is 283 g/mol. The minimum absolute atomic E-state index is 0.332. The van der Waals surface area contributed by atoms with Crippen molar-refractivity contribution in [2.24, 2.45) is 11.8 Å². The zero-order valence-corrected chi connectivity index (χ0v) is 13.8. The van der Waals surface area contributed by atoms with E-state index in [1.54, 1.807) is 5.56 Å². The lowest BCUT2D eigenvalue weighted by Gasteiger charge is -2.34. The van der Waals surface area contributed by atoms with Gasteiger partial charge in [0.05, 0.1) is 0 Å². The van der Waals surface area contributed by atoms with Crippen molar-refractivity contribution in [2.75, 3.05) is 13.1 Å². The predicted molar refractivity (Wildman–Crippen MR) is 91.2 cm³/mol. The molecule has 0 bridgehead atoms. The highest BCUT2D eigenvalue weighted by molar-refractivity contribution is 5.22. The SMILES string of the molecule is C#C.CC(C)(C)N1CC2CCC[C@H](c3ccccc3)[C@@H]2C1. The minimum atomic E-state index is 0.332. The van der Waals surface area contributed by atoms with Gasteiger partial charge in [0.25, 0.3) is 0 Å². The lowest BCUT2D eigenvalue weighted by molar-refractivity contribution is 0.164. The maximum atomic E-state index is 4.00. The molecule has 3 rings (SSSR count). The number of fused-ring (bicyclic) bond motifs is 1. The quantitative estimate of drug-likeness (QED) is 0.683. The zero-order valence-electron chi connectivity index (χ0n) is 13.8. The average molecular weight is 283 g/mol. The Morgan fingerprint density at radius 3 is 2.29 bits per heavy atom. The Labute approximate surface area is 130 Å². The molecule has 0 radical (unpaired) electrons. The van der Waals surface area contributed by atoms with E-state index in [0.29, 0.717) is 5.54 Å². The highest BCUT2D eigenvalue weighted by Gasteiger charge is 2.43. The molecule has 1 saturated heterocycles. The molecule has 2 fully saturated rings. The first kappa shape index (κ1) is 16.1. The molecule has 0 N–H and O–H groups in total. The average Bonchev–Trinajstić information content (AvgIpc) is 2.94. The van der Waals surface area contributed by atoms with Crippen molar-refractivity contribution < 1.29 is 0 Å². The van der Waals surface area contributed by atoms with E-state index >= 15 is 0 Å². The summed E-state index contributed by atoms with van der Waals surface area (Å²) in [4.78, 5) is 2.71. The van der Waals surface area contributed by atoms with Gasteiger partial charge in [-0.25, -0.2) is 0 Å². The number of nitrogens with zero attached hydrogens (tertiary/aromatic N) is 1. The summed E-state index contributed by atoms with van der Waals surface area (Å²) in [5.41, 5.74) is 1.91. The van der Waals surface area contributed by atoms with E-state index in [4.69, 9.17) is 0 Å². The third-order valence-electron chi connectivity index (χ3n) is 5.27. The van der Waals surface area contributed by atoms with E-state index < -0.39 is 0 Å². The van der Waals surface area contributed by atoms with Crippen LogP contribution < -0.4 is 0 Å². The van der Waals surface area contributed by atoms with E-state index in [9.17, 15) is 0 Å². The van der Waals surface area contributed by atoms with E-state index in [-0.39, 0.29) is 0 Å². The highest BCUT2D eigenvalue weighted by atomic mass is 15.2. The van der Waals surface area contributed by atoms with Crippen LogP contribution in [0.4, 0.5) is 0 Å². The third kappa shape index (κ3) is 3.50. The molecule has 1 aromatic rings. The number of likely N-dealkylation sites (tertiary alicyclic amines) is 1. The van der Waals surface area contributed by atoms with Crippen molar-refractivity contribution in [2.45, 2.75) is 51.5 Å². The number of hydrogen-bond acceptors (Lipinski definition) is 1. The first-order valence-corrected chi connectivity index (χ1v) is 8.19. The molecule has 1 unspecified atom stereocenters. The fourth-order valence-corrected chi connectivity index (χ4v) is 4.13. The first-order valence-electron chi connectivity index (χ1n) is 8.19. The molecule has 1 aliphatic heterocycles. The molecule has 1 heteroatoms. The summed E-state index contributed by atoms with van der Waals surface area (Å²) in [6.07, 6.45) is 12.3. The molecule has 3 atom stereocenters. The lowest BCUT2D eigenvalue weighted by Crippen LogP contribution is -2.39. The second-order valence-corrected chi connectivity index (χ2v) is 7.45. The van der Waals surface area contributed by atoms with Crippen molar-refractivity contribution in [3.63, 3.8) is 0 Å². The number of hydrogen-bond donors (Lipinski definition) is 0. The van der Waals surface area contributed by atoms with Crippen LogP contribution in [0.5, 0.6) is 0 Å². The first-order chi connectivity index (χ1) is 10.1. The predicted octanol–water partition coefficient (Wildman–Crippen LogP) is 4.55. The van der Waals surface area contributed by atoms with Crippen molar-refractivity contribution in [3.8, 4) is 12.8 Å². The Balaban J connectivity index is 0.000000774. The van der Waals surface area contributed by atoms with Gasteiger partial charge in [0, 0.05) is 18.6 Å². The van der Waals surface area contributed by atoms with Crippen molar-refractivity contribution >= 4 is 0 Å². The van der Waals surface area contributed by atoms with Crippen LogP contribution in [0.2, 0.25) is 0 Å².